The SMILES string of the molecule is O=C(O)c1cccc(CCc2ccccc2N(c2ccc3ccccc3c2)S(=O)[O-])c1. The number of carboxylic acids is 1. The van der Waals surface area contributed by atoms with E-state index in [1.807, 2.05) is 60.7 Å². The molecule has 0 fully saturated rings. The Balaban J connectivity index is 1.67. The van der Waals surface area contributed by atoms with Crippen molar-refractivity contribution >= 4 is 39.4 Å². The van der Waals surface area contributed by atoms with Crippen molar-refractivity contribution in [3.63, 3.8) is 0 Å². The highest BCUT2D eigenvalue weighted by Gasteiger charge is 2.15. The highest BCUT2D eigenvalue weighted by atomic mass is 32.2. The zero-order chi connectivity index (χ0) is 21.8. The molecule has 4 aromatic rings. The molecule has 1 atom stereocenters. The Hall–Kier alpha value is -3.48. The molecule has 1 unspecified atom stereocenters. The standard InChI is InChI=1S/C25H21NO4S/c27-25(28)22-10-5-6-18(16-22)12-13-20-8-3-4-11-24(20)26(31(29)30)23-15-14-19-7-1-2-9-21(19)17-23/h1-11,14-17H,12-13H2,(H,27,28)(H,29,30)/p-1. The zero-order valence-corrected chi connectivity index (χ0v) is 17.4. The van der Waals surface area contributed by atoms with E-state index in [0.717, 1.165) is 21.9 Å². The van der Waals surface area contributed by atoms with Gasteiger partial charge in [-0.3, -0.25) is 8.51 Å². The molecular formula is C25H20NO4S-. The van der Waals surface area contributed by atoms with Crippen LogP contribution in [0.2, 0.25) is 0 Å². The maximum Gasteiger partial charge on any atom is 0.335 e. The quantitative estimate of drug-likeness (QED) is 0.406. The van der Waals surface area contributed by atoms with E-state index in [0.29, 0.717) is 24.2 Å². The van der Waals surface area contributed by atoms with E-state index in [9.17, 15) is 18.7 Å². The van der Waals surface area contributed by atoms with Gasteiger partial charge in [-0.1, -0.05) is 60.7 Å². The summed E-state index contributed by atoms with van der Waals surface area (Å²) in [6.07, 6.45) is 1.16. The van der Waals surface area contributed by atoms with Gasteiger partial charge in [0.2, 0.25) is 0 Å². The number of carbonyl (C=O) groups is 1. The Kier molecular flexibility index (Phi) is 6.11. The van der Waals surface area contributed by atoms with Crippen molar-refractivity contribution in [1.29, 1.82) is 0 Å². The lowest BCUT2D eigenvalue weighted by molar-refractivity contribution is 0.0696. The first-order valence-electron chi connectivity index (χ1n) is 9.81. The van der Waals surface area contributed by atoms with Gasteiger partial charge in [0.25, 0.3) is 0 Å². The van der Waals surface area contributed by atoms with E-state index >= 15 is 0 Å². The largest absolute Gasteiger partial charge is 0.755 e. The molecule has 0 saturated heterocycles. The van der Waals surface area contributed by atoms with Crippen molar-refractivity contribution in [2.45, 2.75) is 12.8 Å². The fraction of sp³-hybridized carbons (Fsp3) is 0.0800. The molecule has 0 heterocycles. The summed E-state index contributed by atoms with van der Waals surface area (Å²) in [6.45, 7) is 0. The van der Waals surface area contributed by atoms with Crippen LogP contribution < -0.4 is 4.31 Å². The number of carboxylic acid groups (broad SMARTS) is 1. The van der Waals surface area contributed by atoms with Crippen molar-refractivity contribution < 1.29 is 18.7 Å². The van der Waals surface area contributed by atoms with E-state index in [2.05, 4.69) is 0 Å². The van der Waals surface area contributed by atoms with E-state index in [1.54, 1.807) is 30.3 Å². The van der Waals surface area contributed by atoms with E-state index < -0.39 is 17.2 Å². The number of rotatable bonds is 7. The minimum atomic E-state index is -2.51. The summed E-state index contributed by atoms with van der Waals surface area (Å²) >= 11 is -2.51. The Bertz CT molecular complexity index is 1270. The predicted molar refractivity (Wildman–Crippen MR) is 122 cm³/mol. The smallest absolute Gasteiger partial charge is 0.335 e. The van der Waals surface area contributed by atoms with Crippen LogP contribution in [-0.4, -0.2) is 19.8 Å². The number of anilines is 2. The van der Waals surface area contributed by atoms with Crippen molar-refractivity contribution in [3.05, 3.63) is 108 Å². The summed E-state index contributed by atoms with van der Waals surface area (Å²) < 4.78 is 25.8. The lowest BCUT2D eigenvalue weighted by atomic mass is 10.0. The molecule has 0 amide bonds. The first-order valence-corrected chi connectivity index (χ1v) is 10.8. The average Bonchev–Trinajstić information content (AvgIpc) is 2.78. The molecule has 0 saturated carbocycles. The summed E-state index contributed by atoms with van der Waals surface area (Å²) in [7, 11) is 0. The van der Waals surface area contributed by atoms with Gasteiger partial charge in [0.15, 0.2) is 0 Å². The van der Waals surface area contributed by atoms with Gasteiger partial charge in [0.1, 0.15) is 0 Å². The number of para-hydroxylation sites is 1. The van der Waals surface area contributed by atoms with Gasteiger partial charge >= 0.3 is 5.97 Å². The van der Waals surface area contributed by atoms with Gasteiger partial charge in [-0.2, -0.15) is 0 Å². The number of hydrogen-bond acceptors (Lipinski definition) is 3. The molecule has 31 heavy (non-hydrogen) atoms. The zero-order valence-electron chi connectivity index (χ0n) is 16.6. The second kappa shape index (κ2) is 9.12. The van der Waals surface area contributed by atoms with Gasteiger partial charge in [-0.25, -0.2) is 4.79 Å². The number of aromatic carboxylic acids is 1. The molecule has 0 aliphatic heterocycles. The predicted octanol–water partition coefficient (Wildman–Crippen LogP) is 5.26. The summed E-state index contributed by atoms with van der Waals surface area (Å²) in [5.41, 5.74) is 3.13. The first kappa shape index (κ1) is 20.8. The Morgan fingerprint density at radius 1 is 0.839 bits per heavy atom. The van der Waals surface area contributed by atoms with Crippen LogP contribution in [0.25, 0.3) is 10.8 Å². The van der Waals surface area contributed by atoms with Crippen LogP contribution in [0.5, 0.6) is 0 Å². The lowest BCUT2D eigenvalue weighted by Gasteiger charge is -2.29. The molecule has 0 aliphatic carbocycles. The fourth-order valence-corrected chi connectivity index (χ4v) is 4.29. The number of nitrogens with zero attached hydrogens (tertiary/aromatic N) is 1. The van der Waals surface area contributed by atoms with Crippen LogP contribution >= 0.6 is 0 Å². The Labute approximate surface area is 183 Å². The van der Waals surface area contributed by atoms with E-state index in [-0.39, 0.29) is 5.56 Å². The number of fused-ring (bicyclic) bond motifs is 1. The van der Waals surface area contributed by atoms with Crippen LogP contribution in [0.15, 0.2) is 91.0 Å². The highest BCUT2D eigenvalue weighted by Crippen LogP contribution is 2.32. The van der Waals surface area contributed by atoms with Gasteiger partial charge in [-0.05, 0) is 65.1 Å². The molecule has 5 nitrogen and oxygen atoms in total. The molecule has 0 bridgehead atoms. The van der Waals surface area contributed by atoms with Crippen LogP contribution in [0.3, 0.4) is 0 Å². The molecule has 0 aliphatic rings. The second-order valence-corrected chi connectivity index (χ2v) is 7.98. The second-order valence-electron chi connectivity index (χ2n) is 7.18. The molecule has 0 spiro atoms. The fourth-order valence-electron chi connectivity index (χ4n) is 3.67. The number of hydrogen-bond donors (Lipinski definition) is 1. The number of aryl methyl sites for hydroxylation is 2. The topological polar surface area (TPSA) is 80.7 Å². The van der Waals surface area contributed by atoms with Crippen LogP contribution in [-0.2, 0) is 24.1 Å². The van der Waals surface area contributed by atoms with Gasteiger partial charge < -0.3 is 9.66 Å². The molecule has 0 radical (unpaired) electrons. The van der Waals surface area contributed by atoms with Gasteiger partial charge in [0.05, 0.1) is 28.2 Å². The summed E-state index contributed by atoms with van der Waals surface area (Å²) in [6, 6.07) is 27.5. The first-order chi connectivity index (χ1) is 15.0. The molecule has 4 rings (SSSR count). The van der Waals surface area contributed by atoms with Crippen molar-refractivity contribution in [2.75, 3.05) is 4.31 Å². The summed E-state index contributed by atoms with van der Waals surface area (Å²) in [4.78, 5) is 11.2. The Morgan fingerprint density at radius 2 is 1.58 bits per heavy atom. The molecule has 6 heteroatoms. The number of benzene rings is 4. The maximum absolute atomic E-state index is 12.2. The van der Waals surface area contributed by atoms with Crippen LogP contribution in [0.4, 0.5) is 11.4 Å². The maximum atomic E-state index is 12.2. The Morgan fingerprint density at radius 3 is 2.35 bits per heavy atom. The van der Waals surface area contributed by atoms with Gasteiger partial charge in [-0.15, -0.1) is 0 Å². The highest BCUT2D eigenvalue weighted by molar-refractivity contribution is 7.81. The third kappa shape index (κ3) is 4.66. The lowest BCUT2D eigenvalue weighted by Crippen LogP contribution is -2.21. The van der Waals surface area contributed by atoms with Crippen molar-refractivity contribution in [3.8, 4) is 0 Å². The van der Waals surface area contributed by atoms with Crippen LogP contribution in [0, 0.1) is 0 Å². The summed E-state index contributed by atoms with van der Waals surface area (Å²) in [5.74, 6) is -0.966. The third-order valence-corrected chi connectivity index (χ3v) is 5.89. The minimum absolute atomic E-state index is 0.240. The summed E-state index contributed by atoms with van der Waals surface area (Å²) in [5, 5.41) is 11.2. The average molecular weight is 431 g/mol. The van der Waals surface area contributed by atoms with Crippen LogP contribution in [0.1, 0.15) is 21.5 Å². The monoisotopic (exact) mass is 430 g/mol. The van der Waals surface area contributed by atoms with Crippen molar-refractivity contribution in [2.24, 2.45) is 0 Å². The molecule has 0 aromatic heterocycles. The minimum Gasteiger partial charge on any atom is -0.755 e. The molecule has 4 aromatic carbocycles. The van der Waals surface area contributed by atoms with Gasteiger partial charge in [0, 0.05) is 0 Å². The third-order valence-electron chi connectivity index (χ3n) is 5.18. The van der Waals surface area contributed by atoms with E-state index in [1.165, 1.54) is 4.31 Å². The molecule has 156 valence electrons. The van der Waals surface area contributed by atoms with Crippen molar-refractivity contribution in [1.82, 2.24) is 0 Å². The molecular weight excluding hydrogens is 410 g/mol. The normalized spacial score (nSPS) is 11.9. The van der Waals surface area contributed by atoms with E-state index in [4.69, 9.17) is 0 Å². The molecule has 1 N–H and O–H groups in total.